The minimum absolute atomic E-state index is 1.75. The predicted octanol–water partition coefficient (Wildman–Crippen LogP) is 1.54. The van der Waals surface area contributed by atoms with Crippen LogP contribution in [0.15, 0.2) is 43.0 Å². The molecule has 2 nitrogen and oxygen atoms in total. The van der Waals surface area contributed by atoms with E-state index in [-0.39, 0.29) is 0 Å². The normalized spacial score (nSPS) is 8.50. The van der Waals surface area contributed by atoms with E-state index in [2.05, 4.69) is 4.98 Å². The zero-order valence-corrected chi connectivity index (χ0v) is 5.94. The van der Waals surface area contributed by atoms with Crippen molar-refractivity contribution < 1.29 is 0 Å². The Kier molecular flexibility index (Phi) is 2.49. The van der Waals surface area contributed by atoms with Crippen LogP contribution in [0.5, 0.6) is 0 Å². The van der Waals surface area contributed by atoms with E-state index in [1.54, 1.807) is 12.4 Å². The van der Waals surface area contributed by atoms with Gasteiger partial charge in [0.15, 0.2) is 0 Å². The molecule has 0 N–H and O–H groups in total. The first kappa shape index (κ1) is 6.81. The summed E-state index contributed by atoms with van der Waals surface area (Å²) in [4.78, 5) is 3.96. The van der Waals surface area contributed by atoms with E-state index in [1.807, 2.05) is 42.2 Å². The Hall–Kier alpha value is -1.31. The van der Waals surface area contributed by atoms with Crippen molar-refractivity contribution in [1.29, 1.82) is 0 Å². The van der Waals surface area contributed by atoms with E-state index < -0.39 is 0 Å². The minimum Gasteiger partial charge on any atom is -0.357 e. The van der Waals surface area contributed by atoms with Gasteiger partial charge in [-0.15, -0.1) is 0 Å². The van der Waals surface area contributed by atoms with Gasteiger partial charge >= 0.3 is 0 Å². The summed E-state index contributed by atoms with van der Waals surface area (Å²) in [5.74, 6) is 0. The van der Waals surface area contributed by atoms with Gasteiger partial charge in [-0.1, -0.05) is 0 Å². The van der Waals surface area contributed by atoms with E-state index in [1.165, 1.54) is 0 Å². The zero-order chi connectivity index (χ0) is 7.23. The van der Waals surface area contributed by atoms with Gasteiger partial charge in [0.1, 0.15) is 0 Å². The molecule has 0 radical (unpaired) electrons. The maximum Gasteiger partial charge on any atom is 0.0282 e. The Balaban J connectivity index is 3.13. The van der Waals surface area contributed by atoms with E-state index in [9.17, 15) is 0 Å². The molecule has 0 aliphatic rings. The third-order valence-corrected chi connectivity index (χ3v) is 1.10. The first-order chi connectivity index (χ1) is 4.89. The topological polar surface area (TPSA) is 17.8 Å². The van der Waals surface area contributed by atoms with Crippen molar-refractivity contribution in [2.75, 3.05) is 0 Å². The Morgan fingerprint density at radius 3 is 2.60 bits per heavy atom. The van der Waals surface area contributed by atoms with Crippen LogP contribution in [0.25, 0.3) is 0 Å². The van der Waals surface area contributed by atoms with E-state index in [0.717, 1.165) is 0 Å². The Morgan fingerprint density at radius 2 is 1.70 bits per heavy atom. The Labute approximate surface area is 60.5 Å². The average Bonchev–Trinajstić information content (AvgIpc) is 2.02. The summed E-state index contributed by atoms with van der Waals surface area (Å²) in [5, 5.41) is 0. The monoisotopic (exact) mass is 134 g/mol. The average molecular weight is 134 g/mol. The third kappa shape index (κ3) is 2.31. The molecular formula is C8H10N2. The van der Waals surface area contributed by atoms with Crippen LogP contribution in [0.1, 0.15) is 0 Å². The van der Waals surface area contributed by atoms with Crippen molar-refractivity contribution in [3.63, 3.8) is 0 Å². The molecule has 0 bridgehead atoms. The standard InChI is InChI=1S/C8H10N2/c1-10-7-3-2-5-9-6-4-8-10/h2-8H,1H3. The quantitative estimate of drug-likeness (QED) is 0.526. The smallest absolute Gasteiger partial charge is 0.0282 e. The van der Waals surface area contributed by atoms with Gasteiger partial charge in [0.05, 0.1) is 0 Å². The molecule has 0 aromatic carbocycles. The Morgan fingerprint density at radius 1 is 1.00 bits per heavy atom. The molecule has 1 aromatic rings. The van der Waals surface area contributed by atoms with Crippen molar-refractivity contribution in [2.45, 2.75) is 0 Å². The van der Waals surface area contributed by atoms with Crippen LogP contribution < -0.4 is 0 Å². The van der Waals surface area contributed by atoms with Gasteiger partial charge in [-0.25, -0.2) is 0 Å². The van der Waals surface area contributed by atoms with Gasteiger partial charge in [-0.2, -0.15) is 0 Å². The van der Waals surface area contributed by atoms with E-state index in [0.29, 0.717) is 0 Å². The fourth-order valence-electron chi connectivity index (χ4n) is 0.608. The molecular weight excluding hydrogens is 124 g/mol. The molecule has 0 atom stereocenters. The van der Waals surface area contributed by atoms with E-state index >= 15 is 0 Å². The van der Waals surface area contributed by atoms with Crippen LogP contribution in [-0.4, -0.2) is 9.55 Å². The number of hydrogen-bond acceptors (Lipinski definition) is 1. The fourth-order valence-corrected chi connectivity index (χ4v) is 0.608. The second-order valence-electron chi connectivity index (χ2n) is 1.99. The highest BCUT2D eigenvalue weighted by atomic mass is 14.9. The van der Waals surface area contributed by atoms with Crippen molar-refractivity contribution in [2.24, 2.45) is 7.05 Å². The molecule has 1 rings (SSSR count). The minimum atomic E-state index is 1.75. The lowest BCUT2D eigenvalue weighted by atomic mass is 10.6. The van der Waals surface area contributed by atoms with Gasteiger partial charge in [0.25, 0.3) is 0 Å². The van der Waals surface area contributed by atoms with Gasteiger partial charge in [0, 0.05) is 31.8 Å². The number of rotatable bonds is 0. The first-order valence-electron chi connectivity index (χ1n) is 3.15. The second kappa shape index (κ2) is 3.67. The second-order valence-corrected chi connectivity index (χ2v) is 1.99. The zero-order valence-electron chi connectivity index (χ0n) is 5.94. The molecule has 0 aliphatic carbocycles. The number of aryl methyl sites for hydroxylation is 1. The highest BCUT2D eigenvalue weighted by molar-refractivity contribution is 4.85. The van der Waals surface area contributed by atoms with Crippen LogP contribution in [0.4, 0.5) is 0 Å². The molecule has 1 aromatic heterocycles. The third-order valence-electron chi connectivity index (χ3n) is 1.10. The lowest BCUT2D eigenvalue weighted by molar-refractivity contribution is 0.910. The molecule has 52 valence electrons. The summed E-state index contributed by atoms with van der Waals surface area (Å²) >= 11 is 0. The summed E-state index contributed by atoms with van der Waals surface area (Å²) in [5.41, 5.74) is 0. The van der Waals surface area contributed by atoms with Gasteiger partial charge in [-0.3, -0.25) is 4.98 Å². The van der Waals surface area contributed by atoms with Crippen LogP contribution in [0, 0.1) is 0 Å². The lowest BCUT2D eigenvalue weighted by Gasteiger charge is -1.86. The van der Waals surface area contributed by atoms with Crippen molar-refractivity contribution in [3.05, 3.63) is 43.0 Å². The Bertz CT molecular complexity index is 215. The molecule has 0 fully saturated rings. The molecule has 2 heteroatoms. The van der Waals surface area contributed by atoms with Gasteiger partial charge in [0.2, 0.25) is 0 Å². The van der Waals surface area contributed by atoms with Crippen molar-refractivity contribution in [3.8, 4) is 0 Å². The van der Waals surface area contributed by atoms with Crippen LogP contribution >= 0.6 is 0 Å². The number of hydrogen-bond donors (Lipinski definition) is 0. The van der Waals surface area contributed by atoms with Gasteiger partial charge in [-0.05, 0) is 18.2 Å². The maximum atomic E-state index is 3.96. The molecule has 0 saturated carbocycles. The summed E-state index contributed by atoms with van der Waals surface area (Å²) in [6.45, 7) is 0. The molecule has 0 spiro atoms. The highest BCUT2D eigenvalue weighted by Crippen LogP contribution is 1.77. The molecule has 0 amide bonds. The summed E-state index contributed by atoms with van der Waals surface area (Å²) in [6.07, 6.45) is 7.40. The molecule has 0 unspecified atom stereocenters. The number of nitrogens with zero attached hydrogens (tertiary/aromatic N) is 2. The predicted molar refractivity (Wildman–Crippen MR) is 40.8 cm³/mol. The van der Waals surface area contributed by atoms with Crippen molar-refractivity contribution in [1.82, 2.24) is 9.55 Å². The van der Waals surface area contributed by atoms with Crippen molar-refractivity contribution >= 4 is 0 Å². The molecule has 0 aliphatic heterocycles. The van der Waals surface area contributed by atoms with Crippen LogP contribution in [-0.2, 0) is 7.05 Å². The first-order valence-corrected chi connectivity index (χ1v) is 3.15. The summed E-state index contributed by atoms with van der Waals surface area (Å²) in [6, 6.07) is 5.72. The molecule has 10 heavy (non-hydrogen) atoms. The molecule has 1 heterocycles. The fraction of sp³-hybridized carbons (Fsp3) is 0.125. The lowest BCUT2D eigenvalue weighted by Crippen LogP contribution is -1.80. The number of aromatic nitrogens is 2. The summed E-state index contributed by atoms with van der Waals surface area (Å²) in [7, 11) is 1.97. The largest absolute Gasteiger partial charge is 0.357 e. The van der Waals surface area contributed by atoms with Gasteiger partial charge < -0.3 is 4.57 Å². The van der Waals surface area contributed by atoms with Crippen LogP contribution in [0.2, 0.25) is 0 Å². The van der Waals surface area contributed by atoms with Crippen LogP contribution in [0.3, 0.4) is 0 Å². The highest BCUT2D eigenvalue weighted by Gasteiger charge is 1.65. The maximum absolute atomic E-state index is 3.96. The SMILES string of the molecule is Cn1ccccnccc1. The van der Waals surface area contributed by atoms with E-state index in [4.69, 9.17) is 0 Å². The molecule has 0 saturated heterocycles. The summed E-state index contributed by atoms with van der Waals surface area (Å²) < 4.78 is 1.96.